The largest absolute Gasteiger partial charge is 0.310 e. The maximum Gasteiger partial charge on any atom is 0.0468 e. The van der Waals surface area contributed by atoms with Crippen LogP contribution < -0.4 is 5.32 Å². The normalized spacial score (nSPS) is 12.4. The molecule has 1 rings (SSSR count). The maximum atomic E-state index is 6.27. The van der Waals surface area contributed by atoms with Crippen LogP contribution in [-0.4, -0.2) is 6.54 Å². The van der Waals surface area contributed by atoms with Gasteiger partial charge in [0.1, 0.15) is 0 Å². The van der Waals surface area contributed by atoms with Gasteiger partial charge in [-0.2, -0.15) is 0 Å². The Bertz CT molecular complexity index is 381. The summed E-state index contributed by atoms with van der Waals surface area (Å²) in [5, 5.41) is 4.98. The number of rotatable bonds is 7. The SMILES string of the molecule is C=C(C)CCC(NCCC)c1c(Cl)cccc1Cl. The predicted molar refractivity (Wildman–Crippen MR) is 81.5 cm³/mol. The number of allylic oxidation sites excluding steroid dienone is 1. The molecule has 0 aliphatic carbocycles. The van der Waals surface area contributed by atoms with E-state index >= 15 is 0 Å². The van der Waals surface area contributed by atoms with Gasteiger partial charge in [0.05, 0.1) is 0 Å². The summed E-state index contributed by atoms with van der Waals surface area (Å²) in [5.41, 5.74) is 2.19. The first-order valence-corrected chi connectivity index (χ1v) is 7.13. The van der Waals surface area contributed by atoms with Gasteiger partial charge in [-0.15, -0.1) is 6.58 Å². The molecule has 0 saturated carbocycles. The van der Waals surface area contributed by atoms with E-state index in [0.29, 0.717) is 0 Å². The topological polar surface area (TPSA) is 12.0 Å². The van der Waals surface area contributed by atoms with Gasteiger partial charge in [-0.3, -0.25) is 0 Å². The van der Waals surface area contributed by atoms with Crippen LogP contribution in [0.25, 0.3) is 0 Å². The average Bonchev–Trinajstić information content (AvgIpc) is 2.31. The van der Waals surface area contributed by atoms with Crippen LogP contribution in [0.15, 0.2) is 30.4 Å². The molecule has 0 amide bonds. The molecule has 0 aliphatic heterocycles. The zero-order valence-electron chi connectivity index (χ0n) is 11.1. The molecule has 0 bridgehead atoms. The van der Waals surface area contributed by atoms with Crippen LogP contribution in [-0.2, 0) is 0 Å². The molecule has 0 heterocycles. The van der Waals surface area contributed by atoms with Crippen molar-refractivity contribution in [3.05, 3.63) is 46.0 Å². The summed E-state index contributed by atoms with van der Waals surface area (Å²) in [6.07, 6.45) is 3.04. The van der Waals surface area contributed by atoms with Gasteiger partial charge in [-0.05, 0) is 44.9 Å². The van der Waals surface area contributed by atoms with E-state index < -0.39 is 0 Å². The first kappa shape index (κ1) is 15.6. The quantitative estimate of drug-likeness (QED) is 0.662. The van der Waals surface area contributed by atoms with Gasteiger partial charge < -0.3 is 5.32 Å². The Morgan fingerprint density at radius 1 is 1.33 bits per heavy atom. The highest BCUT2D eigenvalue weighted by atomic mass is 35.5. The molecular weight excluding hydrogens is 265 g/mol. The minimum atomic E-state index is 0.197. The second-order valence-electron chi connectivity index (χ2n) is 4.64. The highest BCUT2D eigenvalue weighted by molar-refractivity contribution is 6.36. The molecule has 1 aromatic rings. The van der Waals surface area contributed by atoms with E-state index in [0.717, 1.165) is 41.4 Å². The number of halogens is 2. The molecule has 0 spiro atoms. The fourth-order valence-electron chi connectivity index (χ4n) is 1.90. The first-order chi connectivity index (χ1) is 8.56. The standard InChI is InChI=1S/C15H21Cl2N/c1-4-10-18-14(9-8-11(2)3)15-12(16)6-5-7-13(15)17/h5-7,14,18H,2,4,8-10H2,1,3H3. The molecule has 0 fully saturated rings. The van der Waals surface area contributed by atoms with Crippen molar-refractivity contribution >= 4 is 23.2 Å². The predicted octanol–water partition coefficient (Wildman–Crippen LogP) is 5.39. The van der Waals surface area contributed by atoms with E-state index in [1.807, 2.05) is 25.1 Å². The molecule has 100 valence electrons. The molecule has 0 aliphatic rings. The van der Waals surface area contributed by atoms with Crippen molar-refractivity contribution in [3.8, 4) is 0 Å². The molecule has 3 heteroatoms. The van der Waals surface area contributed by atoms with Gasteiger partial charge >= 0.3 is 0 Å². The third-order valence-corrected chi connectivity index (χ3v) is 3.51. The van der Waals surface area contributed by atoms with Crippen molar-refractivity contribution in [3.63, 3.8) is 0 Å². The van der Waals surface area contributed by atoms with Crippen molar-refractivity contribution in [2.75, 3.05) is 6.54 Å². The van der Waals surface area contributed by atoms with Crippen molar-refractivity contribution in [2.24, 2.45) is 0 Å². The van der Waals surface area contributed by atoms with Crippen LogP contribution in [0.2, 0.25) is 10.0 Å². The minimum Gasteiger partial charge on any atom is -0.310 e. The first-order valence-electron chi connectivity index (χ1n) is 6.38. The molecule has 18 heavy (non-hydrogen) atoms. The van der Waals surface area contributed by atoms with E-state index in [1.165, 1.54) is 5.57 Å². The van der Waals surface area contributed by atoms with Gasteiger partial charge in [0.15, 0.2) is 0 Å². The number of benzene rings is 1. The highest BCUT2D eigenvalue weighted by Crippen LogP contribution is 2.33. The van der Waals surface area contributed by atoms with E-state index in [2.05, 4.69) is 18.8 Å². The summed E-state index contributed by atoms with van der Waals surface area (Å²) < 4.78 is 0. The molecule has 0 saturated heterocycles. The van der Waals surface area contributed by atoms with Crippen LogP contribution in [0, 0.1) is 0 Å². The Morgan fingerprint density at radius 2 is 1.94 bits per heavy atom. The molecule has 0 aromatic heterocycles. The summed E-state index contributed by atoms with van der Waals surface area (Å²) in [6, 6.07) is 5.86. The number of hydrogen-bond acceptors (Lipinski definition) is 1. The Labute approximate surface area is 120 Å². The molecule has 1 aromatic carbocycles. The summed E-state index contributed by atoms with van der Waals surface area (Å²) in [4.78, 5) is 0. The summed E-state index contributed by atoms with van der Waals surface area (Å²) in [5.74, 6) is 0. The Balaban J connectivity index is 2.89. The molecule has 0 radical (unpaired) electrons. The lowest BCUT2D eigenvalue weighted by Gasteiger charge is -2.21. The minimum absolute atomic E-state index is 0.197. The van der Waals surface area contributed by atoms with Crippen molar-refractivity contribution in [2.45, 2.75) is 39.2 Å². The lowest BCUT2D eigenvalue weighted by atomic mass is 9.99. The van der Waals surface area contributed by atoms with Crippen molar-refractivity contribution < 1.29 is 0 Å². The fraction of sp³-hybridized carbons (Fsp3) is 0.467. The van der Waals surface area contributed by atoms with Gasteiger partial charge in [0.2, 0.25) is 0 Å². The van der Waals surface area contributed by atoms with Gasteiger partial charge in [0.25, 0.3) is 0 Å². The van der Waals surface area contributed by atoms with Gasteiger partial charge in [0, 0.05) is 21.7 Å². The van der Waals surface area contributed by atoms with Crippen LogP contribution >= 0.6 is 23.2 Å². The van der Waals surface area contributed by atoms with E-state index in [-0.39, 0.29) is 6.04 Å². The van der Waals surface area contributed by atoms with Crippen LogP contribution in [0.4, 0.5) is 0 Å². The Morgan fingerprint density at radius 3 is 2.44 bits per heavy atom. The Hall–Kier alpha value is -0.500. The van der Waals surface area contributed by atoms with Gasteiger partial charge in [-0.25, -0.2) is 0 Å². The molecule has 1 nitrogen and oxygen atoms in total. The van der Waals surface area contributed by atoms with E-state index in [1.54, 1.807) is 0 Å². The van der Waals surface area contributed by atoms with Crippen LogP contribution in [0.3, 0.4) is 0 Å². The second kappa shape index (κ2) is 7.83. The van der Waals surface area contributed by atoms with Crippen molar-refractivity contribution in [1.82, 2.24) is 5.32 Å². The molecule has 1 unspecified atom stereocenters. The Kier molecular flexibility index (Phi) is 6.77. The lowest BCUT2D eigenvalue weighted by Crippen LogP contribution is -2.22. The zero-order chi connectivity index (χ0) is 13.5. The van der Waals surface area contributed by atoms with Crippen molar-refractivity contribution in [1.29, 1.82) is 0 Å². The number of nitrogens with one attached hydrogen (secondary N) is 1. The van der Waals surface area contributed by atoms with Crippen LogP contribution in [0.1, 0.15) is 44.7 Å². The fourth-order valence-corrected chi connectivity index (χ4v) is 2.56. The third-order valence-electron chi connectivity index (χ3n) is 2.85. The second-order valence-corrected chi connectivity index (χ2v) is 5.45. The summed E-state index contributed by atoms with van der Waals surface area (Å²) >= 11 is 12.5. The molecular formula is C15H21Cl2N. The number of hydrogen-bond donors (Lipinski definition) is 1. The maximum absolute atomic E-state index is 6.27. The van der Waals surface area contributed by atoms with Crippen LogP contribution in [0.5, 0.6) is 0 Å². The smallest absolute Gasteiger partial charge is 0.0468 e. The highest BCUT2D eigenvalue weighted by Gasteiger charge is 2.17. The average molecular weight is 286 g/mol. The summed E-state index contributed by atoms with van der Waals surface area (Å²) in [7, 11) is 0. The third kappa shape index (κ3) is 4.64. The van der Waals surface area contributed by atoms with Gasteiger partial charge in [-0.1, -0.05) is 41.8 Å². The summed E-state index contributed by atoms with van der Waals surface area (Å²) in [6.45, 7) is 9.11. The molecule has 1 N–H and O–H groups in total. The monoisotopic (exact) mass is 285 g/mol. The lowest BCUT2D eigenvalue weighted by molar-refractivity contribution is 0.499. The van der Waals surface area contributed by atoms with E-state index in [4.69, 9.17) is 23.2 Å². The zero-order valence-corrected chi connectivity index (χ0v) is 12.6. The van der Waals surface area contributed by atoms with E-state index in [9.17, 15) is 0 Å². The molecule has 1 atom stereocenters.